The second-order valence-corrected chi connectivity index (χ2v) is 4.39. The maximum atomic E-state index is 10.7. The van der Waals surface area contributed by atoms with Gasteiger partial charge in [0, 0.05) is 5.56 Å². The Bertz CT molecular complexity index is 701. The van der Waals surface area contributed by atoms with Gasteiger partial charge in [-0.05, 0) is 18.2 Å². The summed E-state index contributed by atoms with van der Waals surface area (Å²) in [7, 11) is 0. The van der Waals surface area contributed by atoms with Crippen molar-refractivity contribution in [3.8, 4) is 11.3 Å². The van der Waals surface area contributed by atoms with Gasteiger partial charge in [-0.15, -0.1) is 11.3 Å². The lowest BCUT2D eigenvalue weighted by atomic mass is 10.1. The van der Waals surface area contributed by atoms with Crippen LogP contribution in [0, 0.1) is 0 Å². The van der Waals surface area contributed by atoms with Gasteiger partial charge in [0.2, 0.25) is 0 Å². The molecule has 3 aromatic rings. The highest BCUT2D eigenvalue weighted by atomic mass is 32.1. The van der Waals surface area contributed by atoms with Gasteiger partial charge in [0.05, 0.1) is 21.4 Å². The van der Waals surface area contributed by atoms with Crippen molar-refractivity contribution in [2.75, 3.05) is 0 Å². The van der Waals surface area contributed by atoms with Crippen molar-refractivity contribution >= 4 is 27.5 Å². The van der Waals surface area contributed by atoms with Crippen molar-refractivity contribution in [2.24, 2.45) is 0 Å². The van der Waals surface area contributed by atoms with Crippen molar-refractivity contribution in [3.05, 3.63) is 35.5 Å². The number of H-pyrrole nitrogens is 1. The van der Waals surface area contributed by atoms with Crippen molar-refractivity contribution in [1.29, 1.82) is 0 Å². The van der Waals surface area contributed by atoms with Crippen molar-refractivity contribution in [1.82, 2.24) is 15.2 Å². The topological polar surface area (TPSA) is 78.9 Å². The van der Waals surface area contributed by atoms with Gasteiger partial charge in [-0.25, -0.2) is 9.78 Å². The van der Waals surface area contributed by atoms with E-state index in [0.29, 0.717) is 5.69 Å². The van der Waals surface area contributed by atoms with Crippen LogP contribution in [0.4, 0.5) is 0 Å². The average Bonchev–Trinajstić information content (AvgIpc) is 2.97. The van der Waals surface area contributed by atoms with Crippen molar-refractivity contribution in [3.63, 3.8) is 0 Å². The number of carbonyl (C=O) groups is 1. The molecule has 0 spiro atoms. The summed E-state index contributed by atoms with van der Waals surface area (Å²) in [4.78, 5) is 14.9. The molecule has 0 saturated carbocycles. The third kappa shape index (κ3) is 1.68. The maximum Gasteiger partial charge on any atom is 0.353 e. The minimum atomic E-state index is -1.02. The molecule has 0 bridgehead atoms. The van der Waals surface area contributed by atoms with Gasteiger partial charge in [-0.2, -0.15) is 5.10 Å². The summed E-state index contributed by atoms with van der Waals surface area (Å²) in [5, 5.41) is 15.2. The zero-order valence-corrected chi connectivity index (χ0v) is 9.36. The van der Waals surface area contributed by atoms with Crippen LogP contribution in [0.3, 0.4) is 0 Å². The van der Waals surface area contributed by atoms with Gasteiger partial charge in [0.25, 0.3) is 0 Å². The van der Waals surface area contributed by atoms with Gasteiger partial charge in [0.15, 0.2) is 0 Å². The van der Waals surface area contributed by atoms with E-state index in [9.17, 15) is 4.79 Å². The van der Waals surface area contributed by atoms with Crippen LogP contribution in [0.2, 0.25) is 0 Å². The van der Waals surface area contributed by atoms with Gasteiger partial charge >= 0.3 is 5.97 Å². The van der Waals surface area contributed by atoms with E-state index in [4.69, 9.17) is 5.11 Å². The number of aromatic amines is 1. The van der Waals surface area contributed by atoms with E-state index in [2.05, 4.69) is 15.2 Å². The molecule has 2 N–H and O–H groups in total. The zero-order chi connectivity index (χ0) is 11.8. The fourth-order valence-corrected chi connectivity index (χ4v) is 2.26. The van der Waals surface area contributed by atoms with Gasteiger partial charge in [-0.1, -0.05) is 6.07 Å². The standard InChI is InChI=1S/C11H7N3O2S/c15-11(16)9-4-7(13-14-9)6-1-2-10-8(3-6)12-5-17-10/h1-5H,(H,13,14)(H,15,16). The third-order valence-electron chi connectivity index (χ3n) is 2.43. The Balaban J connectivity index is 2.09. The SMILES string of the molecule is O=C(O)c1cc(-c2ccc3scnc3c2)n[nH]1. The smallest absolute Gasteiger partial charge is 0.353 e. The molecule has 2 aromatic heterocycles. The van der Waals surface area contributed by atoms with Crippen LogP contribution in [0.15, 0.2) is 29.8 Å². The summed E-state index contributed by atoms with van der Waals surface area (Å²) < 4.78 is 1.10. The Labute approximate surface area is 99.7 Å². The van der Waals surface area contributed by atoms with Crippen LogP contribution < -0.4 is 0 Å². The molecule has 84 valence electrons. The lowest BCUT2D eigenvalue weighted by Crippen LogP contribution is -1.95. The molecular weight excluding hydrogens is 238 g/mol. The third-order valence-corrected chi connectivity index (χ3v) is 3.24. The minimum Gasteiger partial charge on any atom is -0.477 e. The number of carboxylic acid groups (broad SMARTS) is 1. The van der Waals surface area contributed by atoms with Gasteiger partial charge < -0.3 is 5.11 Å². The maximum absolute atomic E-state index is 10.7. The predicted molar refractivity (Wildman–Crippen MR) is 64.2 cm³/mol. The van der Waals surface area contributed by atoms with Crippen LogP contribution >= 0.6 is 11.3 Å². The number of carboxylic acids is 1. The molecule has 1 aromatic carbocycles. The number of hydrogen-bond donors (Lipinski definition) is 2. The first kappa shape index (κ1) is 9.98. The minimum absolute atomic E-state index is 0.0818. The number of fused-ring (bicyclic) bond motifs is 1. The lowest BCUT2D eigenvalue weighted by Gasteiger charge is -1.95. The van der Waals surface area contributed by atoms with E-state index in [1.54, 1.807) is 16.8 Å². The molecule has 0 aliphatic rings. The van der Waals surface area contributed by atoms with E-state index >= 15 is 0 Å². The summed E-state index contributed by atoms with van der Waals surface area (Å²) in [5.41, 5.74) is 4.22. The molecule has 2 heterocycles. The first-order chi connectivity index (χ1) is 8.24. The second-order valence-electron chi connectivity index (χ2n) is 3.51. The number of thiazole rings is 1. The first-order valence-electron chi connectivity index (χ1n) is 4.86. The molecule has 17 heavy (non-hydrogen) atoms. The molecule has 3 rings (SSSR count). The highest BCUT2D eigenvalue weighted by molar-refractivity contribution is 7.16. The number of aromatic nitrogens is 3. The molecule has 0 atom stereocenters. The molecule has 0 amide bonds. The Morgan fingerprint density at radius 2 is 2.24 bits per heavy atom. The van der Waals surface area contributed by atoms with Crippen LogP contribution in [0.5, 0.6) is 0 Å². The monoisotopic (exact) mass is 245 g/mol. The Kier molecular flexibility index (Phi) is 2.15. The summed E-state index contributed by atoms with van der Waals surface area (Å²) in [6.45, 7) is 0. The molecule has 0 saturated heterocycles. The number of nitrogens with one attached hydrogen (secondary N) is 1. The molecule has 0 aliphatic carbocycles. The summed E-state index contributed by atoms with van der Waals surface area (Å²) in [6.07, 6.45) is 0. The van der Waals surface area contributed by atoms with Crippen molar-refractivity contribution < 1.29 is 9.90 Å². The number of benzene rings is 1. The fourth-order valence-electron chi connectivity index (χ4n) is 1.60. The largest absolute Gasteiger partial charge is 0.477 e. The highest BCUT2D eigenvalue weighted by Crippen LogP contribution is 2.24. The van der Waals surface area contributed by atoms with E-state index in [0.717, 1.165) is 15.8 Å². The lowest BCUT2D eigenvalue weighted by molar-refractivity contribution is 0.0690. The fraction of sp³-hybridized carbons (Fsp3) is 0. The highest BCUT2D eigenvalue weighted by Gasteiger charge is 2.09. The molecule has 6 heteroatoms. The average molecular weight is 245 g/mol. The van der Waals surface area contributed by atoms with E-state index in [1.165, 1.54) is 6.07 Å². The molecule has 0 radical (unpaired) electrons. The molecular formula is C11H7N3O2S. The Morgan fingerprint density at radius 1 is 1.35 bits per heavy atom. The summed E-state index contributed by atoms with van der Waals surface area (Å²) in [5.74, 6) is -1.02. The quantitative estimate of drug-likeness (QED) is 0.726. The summed E-state index contributed by atoms with van der Waals surface area (Å²) in [6, 6.07) is 7.27. The molecule has 0 unspecified atom stereocenters. The van der Waals surface area contributed by atoms with Gasteiger partial charge in [-0.3, -0.25) is 5.10 Å². The second kappa shape index (κ2) is 3.67. The number of nitrogens with zero attached hydrogens (tertiary/aromatic N) is 2. The van der Waals surface area contributed by atoms with Crippen LogP contribution in [-0.4, -0.2) is 26.3 Å². The van der Waals surface area contributed by atoms with Crippen LogP contribution in [0.1, 0.15) is 10.5 Å². The number of aromatic carboxylic acids is 1. The zero-order valence-electron chi connectivity index (χ0n) is 8.54. The van der Waals surface area contributed by atoms with E-state index < -0.39 is 5.97 Å². The predicted octanol–water partition coefficient (Wildman–Crippen LogP) is 2.38. The summed E-state index contributed by atoms with van der Waals surface area (Å²) >= 11 is 1.57. The molecule has 0 fully saturated rings. The normalized spacial score (nSPS) is 10.8. The number of rotatable bonds is 2. The Hall–Kier alpha value is -2.21. The molecule has 0 aliphatic heterocycles. The number of hydrogen-bond acceptors (Lipinski definition) is 4. The Morgan fingerprint density at radius 3 is 3.00 bits per heavy atom. The molecule has 5 nitrogen and oxygen atoms in total. The van der Waals surface area contributed by atoms with Crippen LogP contribution in [0.25, 0.3) is 21.5 Å². The van der Waals surface area contributed by atoms with E-state index in [-0.39, 0.29) is 5.69 Å². The van der Waals surface area contributed by atoms with E-state index in [1.807, 2.05) is 18.2 Å². The first-order valence-corrected chi connectivity index (χ1v) is 5.74. The van der Waals surface area contributed by atoms with Gasteiger partial charge in [0.1, 0.15) is 5.69 Å². The van der Waals surface area contributed by atoms with Crippen molar-refractivity contribution in [2.45, 2.75) is 0 Å². The van der Waals surface area contributed by atoms with Crippen LogP contribution in [-0.2, 0) is 0 Å².